The number of nitro groups is 1. The first-order valence-corrected chi connectivity index (χ1v) is 7.20. The minimum atomic E-state index is -4.83. The molecular formula is C16H12F4N2O4. The number of carbonyl (C=O) groups excluding carboxylic acids is 1. The number of alkyl halides is 3. The van der Waals surface area contributed by atoms with Gasteiger partial charge >= 0.3 is 6.18 Å². The Morgan fingerprint density at radius 2 is 1.92 bits per heavy atom. The molecule has 2 rings (SSSR count). The second-order valence-corrected chi connectivity index (χ2v) is 5.09. The zero-order valence-electron chi connectivity index (χ0n) is 13.0. The van der Waals surface area contributed by atoms with Crippen LogP contribution in [0.15, 0.2) is 42.5 Å². The summed E-state index contributed by atoms with van der Waals surface area (Å²) < 4.78 is 56.5. The summed E-state index contributed by atoms with van der Waals surface area (Å²) in [7, 11) is 0. The van der Waals surface area contributed by atoms with E-state index in [4.69, 9.17) is 4.74 Å². The zero-order chi connectivity index (χ0) is 19.3. The molecule has 138 valence electrons. The molecule has 1 N–H and O–H groups in total. The van der Waals surface area contributed by atoms with Gasteiger partial charge in [-0.25, -0.2) is 4.39 Å². The molecule has 10 heteroatoms. The van der Waals surface area contributed by atoms with Crippen LogP contribution in [0, 0.1) is 15.9 Å². The highest BCUT2D eigenvalue weighted by molar-refractivity contribution is 5.95. The Kier molecular flexibility index (Phi) is 5.75. The van der Waals surface area contributed by atoms with Crippen LogP contribution >= 0.6 is 0 Å². The summed E-state index contributed by atoms with van der Waals surface area (Å²) in [5.74, 6) is -1.22. The van der Waals surface area contributed by atoms with Crippen LogP contribution in [-0.4, -0.2) is 24.0 Å². The maximum atomic E-state index is 13.0. The number of carbonyl (C=O) groups is 1. The molecule has 0 radical (unpaired) electrons. The molecule has 0 atom stereocenters. The predicted molar refractivity (Wildman–Crippen MR) is 82.3 cm³/mol. The first-order valence-electron chi connectivity index (χ1n) is 7.20. The molecule has 0 unspecified atom stereocenters. The van der Waals surface area contributed by atoms with Gasteiger partial charge in [0.25, 0.3) is 11.6 Å². The number of halogens is 4. The van der Waals surface area contributed by atoms with E-state index in [0.29, 0.717) is 12.1 Å². The molecule has 26 heavy (non-hydrogen) atoms. The van der Waals surface area contributed by atoms with E-state index in [9.17, 15) is 32.5 Å². The topological polar surface area (TPSA) is 81.5 Å². The van der Waals surface area contributed by atoms with Gasteiger partial charge in [0.2, 0.25) is 0 Å². The molecule has 2 aromatic carbocycles. The van der Waals surface area contributed by atoms with E-state index in [1.54, 1.807) is 0 Å². The van der Waals surface area contributed by atoms with E-state index >= 15 is 0 Å². The molecule has 0 aromatic heterocycles. The van der Waals surface area contributed by atoms with Crippen molar-refractivity contribution in [3.05, 3.63) is 69.5 Å². The highest BCUT2D eigenvalue weighted by Crippen LogP contribution is 2.32. The molecule has 0 fully saturated rings. The van der Waals surface area contributed by atoms with E-state index in [1.165, 1.54) is 18.2 Å². The van der Waals surface area contributed by atoms with Gasteiger partial charge < -0.3 is 10.1 Å². The van der Waals surface area contributed by atoms with Gasteiger partial charge in [0.15, 0.2) is 0 Å². The number of rotatable bonds is 6. The van der Waals surface area contributed by atoms with Crippen LogP contribution in [0.25, 0.3) is 0 Å². The maximum absolute atomic E-state index is 13.0. The van der Waals surface area contributed by atoms with Gasteiger partial charge in [-0.15, -0.1) is 0 Å². The summed E-state index contributed by atoms with van der Waals surface area (Å²) >= 11 is 0. The normalized spacial score (nSPS) is 11.1. The monoisotopic (exact) mass is 372 g/mol. The number of amides is 1. The van der Waals surface area contributed by atoms with Crippen LogP contribution < -0.4 is 10.1 Å². The molecule has 0 aliphatic carbocycles. The Bertz CT molecular complexity index is 824. The third-order valence-electron chi connectivity index (χ3n) is 3.17. The minimum absolute atomic E-state index is 0.0732. The van der Waals surface area contributed by atoms with Gasteiger partial charge in [0.05, 0.1) is 17.0 Å². The number of nitro benzene ring substituents is 1. The summed E-state index contributed by atoms with van der Waals surface area (Å²) in [6, 6.07) is 6.87. The molecule has 0 heterocycles. The average Bonchev–Trinajstić information content (AvgIpc) is 2.57. The van der Waals surface area contributed by atoms with Gasteiger partial charge in [-0.05, 0) is 18.2 Å². The van der Waals surface area contributed by atoms with Crippen LogP contribution in [0.3, 0.4) is 0 Å². The lowest BCUT2D eigenvalue weighted by atomic mass is 10.1. The Morgan fingerprint density at radius 3 is 2.54 bits per heavy atom. The fourth-order valence-electron chi connectivity index (χ4n) is 2.00. The Labute approximate surface area is 144 Å². The van der Waals surface area contributed by atoms with Gasteiger partial charge in [-0.1, -0.05) is 6.07 Å². The lowest BCUT2D eigenvalue weighted by Gasteiger charge is -2.10. The Hall–Kier alpha value is -3.17. The molecular weight excluding hydrogens is 360 g/mol. The number of hydrogen-bond donors (Lipinski definition) is 1. The Balaban J connectivity index is 2.02. The van der Waals surface area contributed by atoms with Crippen molar-refractivity contribution in [2.24, 2.45) is 0 Å². The van der Waals surface area contributed by atoms with Crippen molar-refractivity contribution < 1.29 is 32.0 Å². The summed E-state index contributed by atoms with van der Waals surface area (Å²) in [6.45, 7) is -0.171. The quantitative estimate of drug-likeness (QED) is 0.364. The van der Waals surface area contributed by atoms with Crippen LogP contribution in [0.5, 0.6) is 5.75 Å². The second kappa shape index (κ2) is 7.81. The van der Waals surface area contributed by atoms with Crippen molar-refractivity contribution in [1.82, 2.24) is 5.32 Å². The average molecular weight is 372 g/mol. The van der Waals surface area contributed by atoms with Crippen LogP contribution in [0.1, 0.15) is 15.9 Å². The molecule has 0 aliphatic heterocycles. The largest absolute Gasteiger partial charge is 0.492 e. The molecule has 2 aromatic rings. The number of non-ortho nitro benzene ring substituents is 1. The summed E-state index contributed by atoms with van der Waals surface area (Å²) in [4.78, 5) is 21.7. The van der Waals surface area contributed by atoms with Gasteiger partial charge in [0.1, 0.15) is 18.2 Å². The highest BCUT2D eigenvalue weighted by Gasteiger charge is 2.33. The van der Waals surface area contributed by atoms with Crippen molar-refractivity contribution in [1.29, 1.82) is 0 Å². The first kappa shape index (κ1) is 19.2. The third kappa shape index (κ3) is 5.16. The summed E-state index contributed by atoms with van der Waals surface area (Å²) in [6.07, 6.45) is -4.83. The van der Waals surface area contributed by atoms with Gasteiger partial charge in [-0.3, -0.25) is 14.9 Å². The van der Waals surface area contributed by atoms with Crippen LogP contribution in [0.2, 0.25) is 0 Å². The van der Waals surface area contributed by atoms with Crippen LogP contribution in [0.4, 0.5) is 23.2 Å². The molecule has 1 amide bonds. The van der Waals surface area contributed by atoms with E-state index < -0.39 is 39.6 Å². The van der Waals surface area contributed by atoms with Crippen molar-refractivity contribution in [2.45, 2.75) is 6.18 Å². The number of nitrogens with zero attached hydrogens (tertiary/aromatic N) is 1. The standard InChI is InChI=1S/C16H12F4N2O4/c17-12-2-1-3-14(9-12)26-5-4-21-15(23)10-6-11(16(18,19)20)8-13(7-10)22(24)25/h1-3,6-9H,4-5H2,(H,21,23). The second-order valence-electron chi connectivity index (χ2n) is 5.09. The third-order valence-corrected chi connectivity index (χ3v) is 3.17. The number of benzene rings is 2. The van der Waals surface area contributed by atoms with Gasteiger partial charge in [0, 0.05) is 23.8 Å². The lowest BCUT2D eigenvalue weighted by molar-refractivity contribution is -0.385. The SMILES string of the molecule is O=C(NCCOc1cccc(F)c1)c1cc([N+](=O)[O-])cc(C(F)(F)F)c1. The van der Waals surface area contributed by atoms with E-state index in [0.717, 1.165) is 12.1 Å². The van der Waals surface area contributed by atoms with Crippen molar-refractivity contribution >= 4 is 11.6 Å². The number of nitrogens with one attached hydrogen (secondary N) is 1. The van der Waals surface area contributed by atoms with Crippen molar-refractivity contribution in [2.75, 3.05) is 13.2 Å². The van der Waals surface area contributed by atoms with E-state index in [2.05, 4.69) is 5.32 Å². The van der Waals surface area contributed by atoms with E-state index in [-0.39, 0.29) is 18.9 Å². The zero-order valence-corrected chi connectivity index (χ0v) is 13.0. The smallest absolute Gasteiger partial charge is 0.416 e. The van der Waals surface area contributed by atoms with Gasteiger partial charge in [-0.2, -0.15) is 13.2 Å². The molecule has 0 bridgehead atoms. The first-order chi connectivity index (χ1) is 12.2. The predicted octanol–water partition coefficient (Wildman–Crippen LogP) is 3.56. The highest BCUT2D eigenvalue weighted by atomic mass is 19.4. The number of ether oxygens (including phenoxy) is 1. The fraction of sp³-hybridized carbons (Fsp3) is 0.188. The molecule has 0 aliphatic rings. The summed E-state index contributed by atoms with van der Waals surface area (Å²) in [5.41, 5.74) is -2.65. The minimum Gasteiger partial charge on any atom is -0.492 e. The lowest BCUT2D eigenvalue weighted by Crippen LogP contribution is -2.28. The number of hydrogen-bond acceptors (Lipinski definition) is 4. The molecule has 0 saturated heterocycles. The summed E-state index contributed by atoms with van der Waals surface area (Å²) in [5, 5.41) is 13.0. The Morgan fingerprint density at radius 1 is 1.19 bits per heavy atom. The fourth-order valence-corrected chi connectivity index (χ4v) is 2.00. The maximum Gasteiger partial charge on any atom is 0.416 e. The van der Waals surface area contributed by atoms with E-state index in [1.807, 2.05) is 0 Å². The molecule has 0 spiro atoms. The van der Waals surface area contributed by atoms with Crippen LogP contribution in [-0.2, 0) is 6.18 Å². The van der Waals surface area contributed by atoms with Crippen molar-refractivity contribution in [3.63, 3.8) is 0 Å². The van der Waals surface area contributed by atoms with Crippen molar-refractivity contribution in [3.8, 4) is 5.75 Å². The molecule has 6 nitrogen and oxygen atoms in total. The molecule has 0 saturated carbocycles.